The first kappa shape index (κ1) is 16.6. The molecular formula is C14H16BrFN6O2. The average molecular weight is 399 g/mol. The Hall–Kier alpha value is -2.23. The monoisotopic (exact) mass is 398 g/mol. The summed E-state index contributed by atoms with van der Waals surface area (Å²) in [6, 6.07) is 2.20. The van der Waals surface area contributed by atoms with Crippen LogP contribution in [-0.4, -0.2) is 22.5 Å². The van der Waals surface area contributed by atoms with Gasteiger partial charge in [-0.3, -0.25) is 15.0 Å². The minimum absolute atomic E-state index is 0.0195. The molecule has 1 heterocycles. The Bertz CT molecular complexity index is 760. The van der Waals surface area contributed by atoms with Gasteiger partial charge in [-0.05, 0) is 47.7 Å². The number of hydrogen-bond acceptors (Lipinski definition) is 7. The molecule has 0 unspecified atom stereocenters. The zero-order chi connectivity index (χ0) is 17.5. The maximum atomic E-state index is 13.8. The highest BCUT2D eigenvalue weighted by molar-refractivity contribution is 9.10. The quantitative estimate of drug-likeness (QED) is 0.585. The molecule has 3 rings (SSSR count). The fourth-order valence-electron chi connectivity index (χ4n) is 3.32. The molecule has 0 saturated heterocycles. The van der Waals surface area contributed by atoms with Gasteiger partial charge in [-0.15, -0.1) is 0 Å². The number of nitrogens with two attached hydrogens (primary N) is 2. The van der Waals surface area contributed by atoms with E-state index in [0.29, 0.717) is 12.8 Å². The minimum Gasteiger partial charge on any atom is -0.369 e. The van der Waals surface area contributed by atoms with Crippen molar-refractivity contribution in [3.8, 4) is 0 Å². The zero-order valence-corrected chi connectivity index (χ0v) is 14.3. The van der Waals surface area contributed by atoms with E-state index in [0.717, 1.165) is 25.3 Å². The first-order valence-corrected chi connectivity index (χ1v) is 8.26. The van der Waals surface area contributed by atoms with Gasteiger partial charge < -0.3 is 11.5 Å². The van der Waals surface area contributed by atoms with Gasteiger partial charge in [0.15, 0.2) is 0 Å². The van der Waals surface area contributed by atoms with Gasteiger partial charge in [-0.2, -0.15) is 4.99 Å². The number of halogens is 2. The Labute approximate surface area is 145 Å². The highest BCUT2D eigenvalue weighted by atomic mass is 79.9. The van der Waals surface area contributed by atoms with E-state index in [1.54, 1.807) is 0 Å². The molecule has 10 heteroatoms. The van der Waals surface area contributed by atoms with Crippen molar-refractivity contribution >= 4 is 39.2 Å². The lowest BCUT2D eigenvalue weighted by Crippen LogP contribution is -2.58. The van der Waals surface area contributed by atoms with Crippen molar-refractivity contribution in [1.29, 1.82) is 0 Å². The molecule has 128 valence electrons. The Kier molecular flexibility index (Phi) is 4.16. The molecule has 0 radical (unpaired) electrons. The largest absolute Gasteiger partial charge is 0.369 e. The summed E-state index contributed by atoms with van der Waals surface area (Å²) in [6.07, 6.45) is 4.08. The number of rotatable bonds is 2. The van der Waals surface area contributed by atoms with Gasteiger partial charge in [0.05, 0.1) is 15.5 Å². The summed E-state index contributed by atoms with van der Waals surface area (Å²) in [5.41, 5.74) is 10.8. The lowest BCUT2D eigenvalue weighted by atomic mass is 9.87. The van der Waals surface area contributed by atoms with Crippen molar-refractivity contribution in [3.63, 3.8) is 0 Å². The smallest absolute Gasteiger partial charge is 0.296 e. The van der Waals surface area contributed by atoms with Crippen molar-refractivity contribution in [1.82, 2.24) is 0 Å². The van der Waals surface area contributed by atoms with Crippen LogP contribution < -0.4 is 16.4 Å². The summed E-state index contributed by atoms with van der Waals surface area (Å²) in [4.78, 5) is 20.7. The van der Waals surface area contributed by atoms with E-state index in [4.69, 9.17) is 11.5 Å². The lowest BCUT2D eigenvalue weighted by molar-refractivity contribution is -0.384. The molecule has 0 bridgehead atoms. The van der Waals surface area contributed by atoms with Crippen molar-refractivity contribution in [2.45, 2.75) is 37.8 Å². The summed E-state index contributed by atoms with van der Waals surface area (Å²) in [5.74, 6) is -0.654. The molecule has 1 fully saturated rings. The highest BCUT2D eigenvalue weighted by Gasteiger charge is 2.45. The van der Waals surface area contributed by atoms with E-state index in [1.165, 1.54) is 11.0 Å². The van der Waals surface area contributed by atoms with Gasteiger partial charge in [0.2, 0.25) is 11.9 Å². The van der Waals surface area contributed by atoms with Gasteiger partial charge >= 0.3 is 0 Å². The average Bonchev–Trinajstić information content (AvgIpc) is 2.50. The third-order valence-electron chi connectivity index (χ3n) is 4.31. The van der Waals surface area contributed by atoms with Crippen molar-refractivity contribution in [2.75, 3.05) is 4.90 Å². The van der Waals surface area contributed by atoms with Crippen LogP contribution in [0.5, 0.6) is 0 Å². The second-order valence-electron chi connectivity index (χ2n) is 5.83. The summed E-state index contributed by atoms with van der Waals surface area (Å²) in [5, 5.41) is 11.4. The molecule has 1 aliphatic heterocycles. The fourth-order valence-corrected chi connectivity index (χ4v) is 3.65. The van der Waals surface area contributed by atoms with Crippen LogP contribution in [0.4, 0.5) is 15.8 Å². The van der Waals surface area contributed by atoms with Crippen molar-refractivity contribution < 1.29 is 9.31 Å². The summed E-state index contributed by atoms with van der Waals surface area (Å²) >= 11 is 3.07. The molecule has 8 nitrogen and oxygen atoms in total. The van der Waals surface area contributed by atoms with Crippen LogP contribution in [0.25, 0.3) is 0 Å². The Balaban J connectivity index is 2.21. The van der Waals surface area contributed by atoms with Crippen LogP contribution in [0.3, 0.4) is 0 Å². The zero-order valence-electron chi connectivity index (χ0n) is 12.7. The summed E-state index contributed by atoms with van der Waals surface area (Å²) < 4.78 is 13.9. The number of guanidine groups is 2. The first-order chi connectivity index (χ1) is 11.3. The SMILES string of the molecule is NC1=NC2(CCCCC2)N(c2cc(Br)c(F)cc2[N+](=O)[O-])C(N)=N1. The standard InChI is InChI=1S/C14H16BrFN6O2/c15-8-6-10(11(22(23)24)7-9(8)16)21-13(18)19-12(17)20-14(21)4-2-1-3-5-14/h6-7H,1-5H2,(H4,17,18,19,20). The number of aliphatic imine (C=N–C) groups is 2. The van der Waals surface area contributed by atoms with E-state index in [1.807, 2.05) is 0 Å². The van der Waals surface area contributed by atoms with E-state index in [9.17, 15) is 14.5 Å². The summed E-state index contributed by atoms with van der Waals surface area (Å²) in [6.45, 7) is 0. The number of nitrogens with zero attached hydrogens (tertiary/aromatic N) is 4. The highest BCUT2D eigenvalue weighted by Crippen LogP contribution is 2.43. The van der Waals surface area contributed by atoms with E-state index in [-0.39, 0.29) is 22.1 Å². The molecule has 0 atom stereocenters. The molecule has 1 aliphatic carbocycles. The molecule has 2 aliphatic rings. The Morgan fingerprint density at radius 1 is 1.29 bits per heavy atom. The molecule has 1 aromatic carbocycles. The van der Waals surface area contributed by atoms with Crippen molar-refractivity contribution in [2.24, 2.45) is 21.5 Å². The van der Waals surface area contributed by atoms with Gasteiger partial charge in [0.25, 0.3) is 5.69 Å². The van der Waals surface area contributed by atoms with Gasteiger partial charge in [-0.25, -0.2) is 9.38 Å². The third kappa shape index (κ3) is 2.70. The summed E-state index contributed by atoms with van der Waals surface area (Å²) in [7, 11) is 0. The number of anilines is 1. The van der Waals surface area contributed by atoms with Crippen LogP contribution >= 0.6 is 15.9 Å². The second kappa shape index (κ2) is 6.00. The Morgan fingerprint density at radius 3 is 2.58 bits per heavy atom. The van der Waals surface area contributed by atoms with Gasteiger partial charge in [0, 0.05) is 0 Å². The third-order valence-corrected chi connectivity index (χ3v) is 4.91. The van der Waals surface area contributed by atoms with Crippen LogP contribution in [-0.2, 0) is 0 Å². The number of nitro benzene ring substituents is 1. The molecular weight excluding hydrogens is 383 g/mol. The first-order valence-electron chi connectivity index (χ1n) is 7.47. The lowest BCUT2D eigenvalue weighted by Gasteiger charge is -2.45. The van der Waals surface area contributed by atoms with Gasteiger partial charge in [-0.1, -0.05) is 6.42 Å². The topological polar surface area (TPSA) is 123 Å². The molecule has 1 saturated carbocycles. The maximum absolute atomic E-state index is 13.8. The van der Waals surface area contributed by atoms with Crippen molar-refractivity contribution in [3.05, 3.63) is 32.5 Å². The molecule has 24 heavy (non-hydrogen) atoms. The molecule has 1 aromatic rings. The molecule has 1 spiro atoms. The Morgan fingerprint density at radius 2 is 1.96 bits per heavy atom. The normalized spacial score (nSPS) is 19.8. The number of hydrogen-bond donors (Lipinski definition) is 2. The molecule has 0 aromatic heterocycles. The van der Waals surface area contributed by atoms with Gasteiger partial charge in [0.1, 0.15) is 17.2 Å². The van der Waals surface area contributed by atoms with Crippen LogP contribution in [0, 0.1) is 15.9 Å². The molecule has 4 N–H and O–H groups in total. The number of nitro groups is 1. The van der Waals surface area contributed by atoms with Crippen LogP contribution in [0.2, 0.25) is 0 Å². The van der Waals surface area contributed by atoms with Crippen LogP contribution in [0.15, 0.2) is 26.6 Å². The van der Waals surface area contributed by atoms with E-state index < -0.39 is 22.1 Å². The molecule has 0 amide bonds. The predicted molar refractivity (Wildman–Crippen MR) is 92.3 cm³/mol. The van der Waals surface area contributed by atoms with Crippen LogP contribution in [0.1, 0.15) is 32.1 Å². The minimum atomic E-state index is -0.823. The fraction of sp³-hybridized carbons (Fsp3) is 0.429. The second-order valence-corrected chi connectivity index (χ2v) is 6.69. The maximum Gasteiger partial charge on any atom is 0.296 e. The van der Waals surface area contributed by atoms with E-state index >= 15 is 0 Å². The predicted octanol–water partition coefficient (Wildman–Crippen LogP) is 2.61. The number of benzene rings is 1. The van der Waals surface area contributed by atoms with E-state index in [2.05, 4.69) is 25.9 Å².